The lowest BCUT2D eigenvalue weighted by Crippen LogP contribution is -2.25. The Kier molecular flexibility index (Phi) is 3.38. The van der Waals surface area contributed by atoms with Crippen molar-refractivity contribution in [2.75, 3.05) is 13.3 Å². The van der Waals surface area contributed by atoms with Crippen LogP contribution < -0.4 is 14.8 Å². The lowest BCUT2D eigenvalue weighted by molar-refractivity contribution is 0.0949. The van der Waals surface area contributed by atoms with E-state index in [2.05, 4.69) is 16.4 Å². The zero-order valence-electron chi connectivity index (χ0n) is 12.5. The van der Waals surface area contributed by atoms with Gasteiger partial charge in [0.15, 0.2) is 11.5 Å². The highest BCUT2D eigenvalue weighted by Crippen LogP contribution is 2.35. The molecule has 0 unspecified atom stereocenters. The fraction of sp³-hybridized carbons (Fsp3) is 0.167. The Morgan fingerprint density at radius 3 is 3.00 bits per heavy atom. The van der Waals surface area contributed by atoms with Crippen molar-refractivity contribution in [2.24, 2.45) is 0 Å². The van der Waals surface area contributed by atoms with E-state index in [1.165, 1.54) is 10.9 Å². The fourth-order valence-electron chi connectivity index (χ4n) is 2.85. The minimum absolute atomic E-state index is 0.146. The number of aromatic nitrogens is 1. The number of rotatable bonds is 4. The SMILES string of the molecule is O=C(NCCc1c[nH]c2ccccc12)c1cccc2c1OCO2. The van der Waals surface area contributed by atoms with Crippen molar-refractivity contribution in [3.8, 4) is 11.5 Å². The molecule has 2 aromatic carbocycles. The third-order valence-corrected chi connectivity index (χ3v) is 4.00. The van der Waals surface area contributed by atoms with E-state index >= 15 is 0 Å². The summed E-state index contributed by atoms with van der Waals surface area (Å²) >= 11 is 0. The summed E-state index contributed by atoms with van der Waals surface area (Å²) in [5.41, 5.74) is 2.82. The predicted molar refractivity (Wildman–Crippen MR) is 86.9 cm³/mol. The van der Waals surface area contributed by atoms with Gasteiger partial charge in [-0.05, 0) is 30.2 Å². The van der Waals surface area contributed by atoms with Gasteiger partial charge >= 0.3 is 0 Å². The summed E-state index contributed by atoms with van der Waals surface area (Å²) in [4.78, 5) is 15.6. The molecular formula is C18H16N2O3. The van der Waals surface area contributed by atoms with Crippen molar-refractivity contribution in [1.82, 2.24) is 10.3 Å². The Balaban J connectivity index is 1.44. The quantitative estimate of drug-likeness (QED) is 0.779. The maximum Gasteiger partial charge on any atom is 0.255 e. The molecule has 3 aromatic rings. The number of carbonyl (C=O) groups is 1. The van der Waals surface area contributed by atoms with Crippen LogP contribution in [0.4, 0.5) is 0 Å². The monoisotopic (exact) mass is 308 g/mol. The number of nitrogens with one attached hydrogen (secondary N) is 2. The van der Waals surface area contributed by atoms with Gasteiger partial charge in [0.05, 0.1) is 5.56 Å². The van der Waals surface area contributed by atoms with Gasteiger partial charge in [-0.3, -0.25) is 4.79 Å². The number of amides is 1. The second-order valence-electron chi connectivity index (χ2n) is 5.40. The van der Waals surface area contributed by atoms with Crippen LogP contribution in [-0.2, 0) is 6.42 Å². The zero-order chi connectivity index (χ0) is 15.6. The second kappa shape index (κ2) is 5.68. The van der Waals surface area contributed by atoms with Crippen LogP contribution in [-0.4, -0.2) is 24.2 Å². The van der Waals surface area contributed by atoms with E-state index in [1.54, 1.807) is 18.2 Å². The van der Waals surface area contributed by atoms with Crippen LogP contribution in [0.2, 0.25) is 0 Å². The van der Waals surface area contributed by atoms with Crippen molar-refractivity contribution < 1.29 is 14.3 Å². The van der Waals surface area contributed by atoms with Crippen molar-refractivity contribution in [1.29, 1.82) is 0 Å². The Morgan fingerprint density at radius 2 is 2.04 bits per heavy atom. The fourth-order valence-corrected chi connectivity index (χ4v) is 2.85. The Morgan fingerprint density at radius 1 is 1.13 bits per heavy atom. The van der Waals surface area contributed by atoms with E-state index in [1.807, 2.05) is 24.4 Å². The number of carbonyl (C=O) groups excluding carboxylic acids is 1. The van der Waals surface area contributed by atoms with Crippen molar-refractivity contribution in [3.63, 3.8) is 0 Å². The third-order valence-electron chi connectivity index (χ3n) is 4.00. The van der Waals surface area contributed by atoms with Gasteiger partial charge in [-0.2, -0.15) is 0 Å². The molecule has 2 heterocycles. The molecular weight excluding hydrogens is 292 g/mol. The number of ether oxygens (including phenoxy) is 2. The van der Waals surface area contributed by atoms with Crippen LogP contribution in [0.3, 0.4) is 0 Å². The van der Waals surface area contributed by atoms with Crippen LogP contribution in [0.1, 0.15) is 15.9 Å². The number of aromatic amines is 1. The Labute approximate surface area is 133 Å². The van der Waals surface area contributed by atoms with Gasteiger partial charge < -0.3 is 19.8 Å². The first kappa shape index (κ1) is 13.7. The molecule has 0 aliphatic carbocycles. The van der Waals surface area contributed by atoms with Gasteiger partial charge in [-0.15, -0.1) is 0 Å². The number of para-hydroxylation sites is 2. The summed E-state index contributed by atoms with van der Waals surface area (Å²) in [6.45, 7) is 0.722. The highest BCUT2D eigenvalue weighted by molar-refractivity contribution is 5.98. The molecule has 23 heavy (non-hydrogen) atoms. The van der Waals surface area contributed by atoms with E-state index in [4.69, 9.17) is 9.47 Å². The van der Waals surface area contributed by atoms with Gasteiger partial charge in [0, 0.05) is 23.6 Å². The first-order valence-corrected chi connectivity index (χ1v) is 7.55. The Bertz CT molecular complexity index is 870. The predicted octanol–water partition coefficient (Wildman–Crippen LogP) is 2.87. The molecule has 1 aliphatic heterocycles. The molecule has 0 radical (unpaired) electrons. The lowest BCUT2D eigenvalue weighted by atomic mass is 10.1. The summed E-state index contributed by atoms with van der Waals surface area (Å²) in [5, 5.41) is 4.14. The van der Waals surface area contributed by atoms with Gasteiger partial charge in [-0.1, -0.05) is 24.3 Å². The van der Waals surface area contributed by atoms with E-state index in [-0.39, 0.29) is 12.7 Å². The van der Waals surface area contributed by atoms with E-state index in [0.29, 0.717) is 23.6 Å². The van der Waals surface area contributed by atoms with Crippen molar-refractivity contribution in [2.45, 2.75) is 6.42 Å². The molecule has 0 bridgehead atoms. The molecule has 0 fully saturated rings. The van der Waals surface area contributed by atoms with Crippen LogP contribution in [0.25, 0.3) is 10.9 Å². The normalized spacial score (nSPS) is 12.5. The molecule has 4 rings (SSSR count). The van der Waals surface area contributed by atoms with Gasteiger partial charge in [-0.25, -0.2) is 0 Å². The number of benzene rings is 2. The van der Waals surface area contributed by atoms with Gasteiger partial charge in [0.1, 0.15) is 0 Å². The van der Waals surface area contributed by atoms with Crippen LogP contribution in [0, 0.1) is 0 Å². The molecule has 116 valence electrons. The summed E-state index contributed by atoms with van der Waals surface area (Å²) < 4.78 is 10.7. The highest BCUT2D eigenvalue weighted by atomic mass is 16.7. The maximum atomic E-state index is 12.3. The van der Waals surface area contributed by atoms with Crippen molar-refractivity contribution in [3.05, 3.63) is 59.8 Å². The number of fused-ring (bicyclic) bond motifs is 2. The summed E-state index contributed by atoms with van der Waals surface area (Å²) in [7, 11) is 0. The molecule has 0 saturated heterocycles. The smallest absolute Gasteiger partial charge is 0.255 e. The molecule has 5 nitrogen and oxygen atoms in total. The van der Waals surface area contributed by atoms with E-state index in [9.17, 15) is 4.79 Å². The summed E-state index contributed by atoms with van der Waals surface area (Å²) in [6.07, 6.45) is 2.76. The van der Waals surface area contributed by atoms with Crippen molar-refractivity contribution >= 4 is 16.8 Å². The first-order chi connectivity index (χ1) is 11.3. The van der Waals surface area contributed by atoms with Gasteiger partial charge in [0.2, 0.25) is 6.79 Å². The Hall–Kier alpha value is -2.95. The number of hydrogen-bond donors (Lipinski definition) is 2. The minimum atomic E-state index is -0.146. The molecule has 0 saturated carbocycles. The van der Waals surface area contributed by atoms with Crippen LogP contribution in [0.15, 0.2) is 48.7 Å². The van der Waals surface area contributed by atoms with E-state index in [0.717, 1.165) is 11.9 Å². The topological polar surface area (TPSA) is 63.4 Å². The molecule has 1 aliphatic rings. The first-order valence-electron chi connectivity index (χ1n) is 7.55. The summed E-state index contributed by atoms with van der Waals surface area (Å²) in [5.74, 6) is 0.999. The average molecular weight is 308 g/mol. The maximum absolute atomic E-state index is 12.3. The largest absolute Gasteiger partial charge is 0.454 e. The average Bonchev–Trinajstić information content (AvgIpc) is 3.21. The van der Waals surface area contributed by atoms with Crippen LogP contribution in [0.5, 0.6) is 11.5 Å². The lowest BCUT2D eigenvalue weighted by Gasteiger charge is -2.07. The zero-order valence-corrected chi connectivity index (χ0v) is 12.5. The molecule has 1 aromatic heterocycles. The standard InChI is InChI=1S/C18H16N2O3/c21-18(14-5-3-7-16-17(14)23-11-22-16)19-9-8-12-10-20-15-6-2-1-4-13(12)15/h1-7,10,20H,8-9,11H2,(H,19,21). The summed E-state index contributed by atoms with van der Waals surface area (Å²) in [6, 6.07) is 13.5. The molecule has 2 N–H and O–H groups in total. The third kappa shape index (κ3) is 2.50. The van der Waals surface area contributed by atoms with Crippen LogP contribution >= 0.6 is 0 Å². The minimum Gasteiger partial charge on any atom is -0.454 e. The number of H-pyrrole nitrogens is 1. The molecule has 5 heteroatoms. The molecule has 1 amide bonds. The molecule has 0 spiro atoms. The highest BCUT2D eigenvalue weighted by Gasteiger charge is 2.21. The molecule has 0 atom stereocenters. The van der Waals surface area contributed by atoms with Gasteiger partial charge in [0.25, 0.3) is 5.91 Å². The van der Waals surface area contributed by atoms with E-state index < -0.39 is 0 Å². The number of hydrogen-bond acceptors (Lipinski definition) is 3. The second-order valence-corrected chi connectivity index (χ2v) is 5.40.